The summed E-state index contributed by atoms with van der Waals surface area (Å²) in [6.07, 6.45) is 2.19. The fourth-order valence-corrected chi connectivity index (χ4v) is 6.50. The number of fused-ring (bicyclic) bond motifs is 3. The molecule has 1 unspecified atom stereocenters. The lowest BCUT2D eigenvalue weighted by Gasteiger charge is -2.53. The Hall–Kier alpha value is -2.84. The lowest BCUT2D eigenvalue weighted by Crippen LogP contribution is -2.66. The fourth-order valence-electron chi connectivity index (χ4n) is 5.46. The molecule has 1 atom stereocenters. The standard InChI is InChI=1S/C25H26FN3O3S/c1-30-20-5-3-16(21(13-20)31-2)14-29-24(23-12-17-11-19(26)4-6-22(17)33-23)27-32-25(29)15-28-9-7-18(25)8-10-28/h3-6,11-13,18H,7-10,14-15H2,1-2H3. The van der Waals surface area contributed by atoms with E-state index in [4.69, 9.17) is 14.3 Å². The third kappa shape index (κ3) is 3.35. The quantitative estimate of drug-likeness (QED) is 0.546. The molecular weight excluding hydrogens is 441 g/mol. The van der Waals surface area contributed by atoms with Crippen molar-refractivity contribution in [2.24, 2.45) is 11.1 Å². The van der Waals surface area contributed by atoms with Gasteiger partial charge in [-0.1, -0.05) is 5.16 Å². The highest BCUT2D eigenvalue weighted by atomic mass is 32.1. The van der Waals surface area contributed by atoms with E-state index in [-0.39, 0.29) is 5.82 Å². The molecule has 2 aromatic carbocycles. The molecule has 172 valence electrons. The summed E-state index contributed by atoms with van der Waals surface area (Å²) >= 11 is 1.62. The van der Waals surface area contributed by atoms with Crippen molar-refractivity contribution in [3.8, 4) is 11.5 Å². The molecule has 0 amide bonds. The number of hydrogen-bond donors (Lipinski definition) is 0. The van der Waals surface area contributed by atoms with Crippen LogP contribution in [0, 0.1) is 11.7 Å². The van der Waals surface area contributed by atoms with Gasteiger partial charge in [0.2, 0.25) is 5.72 Å². The van der Waals surface area contributed by atoms with Crippen molar-refractivity contribution in [1.82, 2.24) is 9.80 Å². The van der Waals surface area contributed by atoms with Gasteiger partial charge >= 0.3 is 0 Å². The van der Waals surface area contributed by atoms with Gasteiger partial charge in [-0.2, -0.15) is 0 Å². The summed E-state index contributed by atoms with van der Waals surface area (Å²) in [6.45, 7) is 3.63. The highest BCUT2D eigenvalue weighted by Crippen LogP contribution is 2.46. The molecule has 1 aromatic heterocycles. The Morgan fingerprint density at radius 2 is 1.97 bits per heavy atom. The van der Waals surface area contributed by atoms with Gasteiger partial charge in [0.1, 0.15) is 17.3 Å². The minimum Gasteiger partial charge on any atom is -0.497 e. The van der Waals surface area contributed by atoms with E-state index in [0.29, 0.717) is 12.5 Å². The smallest absolute Gasteiger partial charge is 0.227 e. The number of benzene rings is 2. The van der Waals surface area contributed by atoms with Crippen LogP contribution in [0.2, 0.25) is 0 Å². The Morgan fingerprint density at radius 3 is 2.70 bits per heavy atom. The van der Waals surface area contributed by atoms with Crippen LogP contribution in [0.15, 0.2) is 47.6 Å². The van der Waals surface area contributed by atoms with Crippen LogP contribution in [0.1, 0.15) is 23.3 Å². The molecule has 8 heteroatoms. The van der Waals surface area contributed by atoms with Gasteiger partial charge in [0, 0.05) is 22.2 Å². The van der Waals surface area contributed by atoms with E-state index in [9.17, 15) is 4.39 Å². The van der Waals surface area contributed by atoms with Crippen LogP contribution >= 0.6 is 11.3 Å². The Balaban J connectivity index is 1.42. The first-order chi connectivity index (χ1) is 16.1. The van der Waals surface area contributed by atoms with Crippen LogP contribution in [0.25, 0.3) is 10.1 Å². The maximum atomic E-state index is 13.8. The van der Waals surface area contributed by atoms with Crippen molar-refractivity contribution in [1.29, 1.82) is 0 Å². The summed E-state index contributed by atoms with van der Waals surface area (Å²) < 4.78 is 26.0. The minimum atomic E-state index is -0.502. The second-order valence-electron chi connectivity index (χ2n) is 8.96. The highest BCUT2D eigenvalue weighted by molar-refractivity contribution is 7.20. The third-order valence-corrected chi connectivity index (χ3v) is 8.31. The highest BCUT2D eigenvalue weighted by Gasteiger charge is 2.57. The zero-order valence-corrected chi connectivity index (χ0v) is 19.5. The predicted molar refractivity (Wildman–Crippen MR) is 126 cm³/mol. The van der Waals surface area contributed by atoms with Crippen LogP contribution in [-0.4, -0.2) is 55.2 Å². The first-order valence-corrected chi connectivity index (χ1v) is 12.1. The molecule has 4 aliphatic rings. The molecular formula is C25H26FN3O3S. The summed E-state index contributed by atoms with van der Waals surface area (Å²) in [5.41, 5.74) is 0.539. The molecule has 0 radical (unpaired) electrons. The molecule has 5 heterocycles. The number of halogens is 1. The van der Waals surface area contributed by atoms with Gasteiger partial charge in [-0.15, -0.1) is 11.3 Å². The van der Waals surface area contributed by atoms with Crippen molar-refractivity contribution in [2.45, 2.75) is 25.1 Å². The van der Waals surface area contributed by atoms with Gasteiger partial charge in [-0.05, 0) is 67.7 Å². The van der Waals surface area contributed by atoms with Crippen molar-refractivity contribution >= 4 is 27.3 Å². The number of hydrogen-bond acceptors (Lipinski definition) is 7. The van der Waals surface area contributed by atoms with E-state index >= 15 is 0 Å². The van der Waals surface area contributed by atoms with E-state index in [1.807, 2.05) is 30.3 Å². The molecule has 33 heavy (non-hydrogen) atoms. The maximum Gasteiger partial charge on any atom is 0.227 e. The van der Waals surface area contributed by atoms with Crippen molar-refractivity contribution in [3.05, 3.63) is 58.7 Å². The first kappa shape index (κ1) is 20.7. The van der Waals surface area contributed by atoms with Crippen LogP contribution < -0.4 is 9.47 Å². The van der Waals surface area contributed by atoms with Gasteiger partial charge in [-0.25, -0.2) is 4.39 Å². The number of rotatable bonds is 5. The minimum absolute atomic E-state index is 0.231. The zero-order chi connectivity index (χ0) is 22.6. The Bertz CT molecular complexity index is 1240. The predicted octanol–water partition coefficient (Wildman–Crippen LogP) is 4.67. The summed E-state index contributed by atoms with van der Waals surface area (Å²) in [6, 6.07) is 12.8. The number of ether oxygens (including phenoxy) is 2. The van der Waals surface area contributed by atoms with E-state index < -0.39 is 5.72 Å². The summed E-state index contributed by atoms with van der Waals surface area (Å²) in [7, 11) is 3.33. The number of thiophene rings is 1. The van der Waals surface area contributed by atoms with Crippen LogP contribution in [-0.2, 0) is 11.4 Å². The largest absolute Gasteiger partial charge is 0.497 e. The Kier molecular flexibility index (Phi) is 4.96. The van der Waals surface area contributed by atoms with Gasteiger partial charge in [0.25, 0.3) is 0 Å². The zero-order valence-electron chi connectivity index (χ0n) is 18.7. The maximum absolute atomic E-state index is 13.8. The molecule has 0 aliphatic carbocycles. The number of amidine groups is 1. The van der Waals surface area contributed by atoms with Crippen LogP contribution in [0.3, 0.4) is 0 Å². The Labute approximate surface area is 196 Å². The molecule has 3 aromatic rings. The SMILES string of the molecule is COc1ccc(CN2C(c3cc4cc(F)ccc4s3)=NOC23CN2CCC3CC2)c(OC)c1. The molecule has 3 saturated heterocycles. The number of oxime groups is 1. The normalized spacial score (nSPS) is 26.0. The summed E-state index contributed by atoms with van der Waals surface area (Å²) in [5.74, 6) is 2.51. The van der Waals surface area contributed by atoms with E-state index in [1.165, 1.54) is 6.07 Å². The van der Waals surface area contributed by atoms with Crippen LogP contribution in [0.5, 0.6) is 11.5 Å². The molecule has 0 saturated carbocycles. The molecule has 3 fully saturated rings. The van der Waals surface area contributed by atoms with Gasteiger partial charge in [0.05, 0.1) is 32.2 Å². The van der Waals surface area contributed by atoms with E-state index in [0.717, 1.165) is 70.3 Å². The molecule has 0 N–H and O–H groups in total. The molecule has 7 rings (SSSR count). The number of methoxy groups -OCH3 is 2. The summed E-state index contributed by atoms with van der Waals surface area (Å²) in [4.78, 5) is 12.1. The van der Waals surface area contributed by atoms with Crippen LogP contribution in [0.4, 0.5) is 4.39 Å². The van der Waals surface area contributed by atoms with Crippen molar-refractivity contribution in [3.63, 3.8) is 0 Å². The second kappa shape index (κ2) is 7.88. The van der Waals surface area contributed by atoms with E-state index in [2.05, 4.69) is 15.0 Å². The van der Waals surface area contributed by atoms with Gasteiger partial charge < -0.3 is 19.2 Å². The molecule has 1 spiro atoms. The monoisotopic (exact) mass is 467 g/mol. The number of piperidine rings is 3. The van der Waals surface area contributed by atoms with Gasteiger partial charge in [-0.3, -0.25) is 4.90 Å². The second-order valence-corrected chi connectivity index (χ2v) is 10.0. The third-order valence-electron chi connectivity index (χ3n) is 7.20. The Morgan fingerprint density at radius 1 is 1.12 bits per heavy atom. The van der Waals surface area contributed by atoms with E-state index in [1.54, 1.807) is 31.6 Å². The van der Waals surface area contributed by atoms with Crippen molar-refractivity contribution < 1.29 is 18.7 Å². The molecule has 2 bridgehead atoms. The lowest BCUT2D eigenvalue weighted by atomic mass is 9.79. The average Bonchev–Trinajstić information content (AvgIpc) is 3.41. The first-order valence-electron chi connectivity index (χ1n) is 11.3. The summed E-state index contributed by atoms with van der Waals surface area (Å²) in [5, 5.41) is 5.54. The van der Waals surface area contributed by atoms with Crippen molar-refractivity contribution in [2.75, 3.05) is 33.9 Å². The molecule has 4 aliphatic heterocycles. The van der Waals surface area contributed by atoms with Gasteiger partial charge in [0.15, 0.2) is 5.84 Å². The number of nitrogens with zero attached hydrogens (tertiary/aromatic N) is 3. The molecule has 6 nitrogen and oxygen atoms in total. The average molecular weight is 468 g/mol. The lowest BCUT2D eigenvalue weighted by molar-refractivity contribution is -0.198. The fraction of sp³-hybridized carbons (Fsp3) is 0.400. The topological polar surface area (TPSA) is 46.5 Å².